The second-order valence-corrected chi connectivity index (χ2v) is 7.54. The maximum Gasteiger partial charge on any atom is 0.252 e. The average Bonchev–Trinajstić information content (AvgIpc) is 2.73. The van der Waals surface area contributed by atoms with Crippen molar-refractivity contribution in [1.82, 2.24) is 14.8 Å². The molecule has 0 spiro atoms. The van der Waals surface area contributed by atoms with Crippen LogP contribution in [0, 0.1) is 11.7 Å². The summed E-state index contributed by atoms with van der Waals surface area (Å²) in [6.45, 7) is 4.17. The number of amides is 1. The van der Waals surface area contributed by atoms with Crippen molar-refractivity contribution in [3.63, 3.8) is 0 Å². The van der Waals surface area contributed by atoms with Crippen LogP contribution in [-0.2, 0) is 7.05 Å². The number of carbonyl (C=O) groups excluding carboxylic acids is 1. The van der Waals surface area contributed by atoms with E-state index in [4.69, 9.17) is 4.74 Å². The quantitative estimate of drug-likeness (QED) is 0.690. The topological polar surface area (TPSA) is 63.6 Å². The maximum atomic E-state index is 12.9. The molecule has 1 atom stereocenters. The Morgan fingerprint density at radius 2 is 2.03 bits per heavy atom. The number of ether oxygens (including phenoxy) is 1. The first-order chi connectivity index (χ1) is 14.0. The monoisotopic (exact) mass is 401 g/mol. The summed E-state index contributed by atoms with van der Waals surface area (Å²) < 4.78 is 20.0. The van der Waals surface area contributed by atoms with Gasteiger partial charge in [-0.25, -0.2) is 4.39 Å². The molecular weight excluding hydrogens is 373 g/mol. The van der Waals surface area contributed by atoms with E-state index >= 15 is 0 Å². The Balaban J connectivity index is 1.37. The molecule has 1 aromatic heterocycles. The van der Waals surface area contributed by atoms with E-state index in [1.807, 2.05) is 0 Å². The molecule has 1 aliphatic heterocycles. The predicted molar refractivity (Wildman–Crippen MR) is 110 cm³/mol. The molecule has 2 aromatic rings. The average molecular weight is 401 g/mol. The van der Waals surface area contributed by atoms with Gasteiger partial charge in [-0.3, -0.25) is 9.59 Å². The lowest BCUT2D eigenvalue weighted by Crippen LogP contribution is -2.41. The first-order valence-corrected chi connectivity index (χ1v) is 10.1. The number of nitrogens with zero attached hydrogens (tertiary/aromatic N) is 2. The van der Waals surface area contributed by atoms with Crippen LogP contribution in [0.1, 0.15) is 29.6 Å². The number of rotatable bonds is 8. The fourth-order valence-electron chi connectivity index (χ4n) is 3.60. The number of aryl methyl sites for hydroxylation is 1. The minimum absolute atomic E-state index is 0.132. The van der Waals surface area contributed by atoms with Crippen molar-refractivity contribution in [2.75, 3.05) is 32.8 Å². The first-order valence-electron chi connectivity index (χ1n) is 10.1. The molecule has 1 aliphatic rings. The smallest absolute Gasteiger partial charge is 0.252 e. The van der Waals surface area contributed by atoms with E-state index in [9.17, 15) is 14.0 Å². The Bertz CT molecular complexity index is 866. The standard InChI is InChI=1S/C22H28FN3O3/c1-25-16-18(5-10-21(25)27)22(28)24-14-17-4-2-11-26(15-17)12-3-13-29-20-8-6-19(23)7-9-20/h5-10,16-17H,2-4,11-15H2,1H3,(H,24,28). The number of piperidine rings is 1. The number of hydrogen-bond donors (Lipinski definition) is 1. The van der Waals surface area contributed by atoms with Gasteiger partial charge in [0.1, 0.15) is 11.6 Å². The highest BCUT2D eigenvalue weighted by Gasteiger charge is 2.20. The van der Waals surface area contributed by atoms with Crippen molar-refractivity contribution in [1.29, 1.82) is 0 Å². The van der Waals surface area contributed by atoms with E-state index in [0.29, 0.717) is 30.4 Å². The summed E-state index contributed by atoms with van der Waals surface area (Å²) in [5, 5.41) is 2.99. The van der Waals surface area contributed by atoms with Crippen LogP contribution in [0.2, 0.25) is 0 Å². The third-order valence-electron chi connectivity index (χ3n) is 5.20. The molecule has 29 heavy (non-hydrogen) atoms. The Kier molecular flexibility index (Phi) is 7.41. The summed E-state index contributed by atoms with van der Waals surface area (Å²) in [5.41, 5.74) is 0.366. The molecule has 1 fully saturated rings. The van der Waals surface area contributed by atoms with Crippen LogP contribution in [0.4, 0.5) is 4.39 Å². The van der Waals surface area contributed by atoms with Crippen LogP contribution in [0.25, 0.3) is 0 Å². The lowest BCUT2D eigenvalue weighted by atomic mass is 9.97. The molecule has 0 radical (unpaired) electrons. The van der Waals surface area contributed by atoms with Gasteiger partial charge in [-0.15, -0.1) is 0 Å². The second-order valence-electron chi connectivity index (χ2n) is 7.54. The molecule has 1 aromatic carbocycles. The van der Waals surface area contributed by atoms with Crippen molar-refractivity contribution in [3.8, 4) is 5.75 Å². The number of aromatic nitrogens is 1. The minimum atomic E-state index is -0.264. The highest BCUT2D eigenvalue weighted by molar-refractivity contribution is 5.93. The SMILES string of the molecule is Cn1cc(C(=O)NCC2CCCN(CCCOc3ccc(F)cc3)C2)ccc1=O. The molecule has 1 unspecified atom stereocenters. The van der Waals surface area contributed by atoms with E-state index in [1.165, 1.54) is 22.8 Å². The van der Waals surface area contributed by atoms with E-state index in [-0.39, 0.29) is 17.3 Å². The fourth-order valence-corrected chi connectivity index (χ4v) is 3.60. The van der Waals surface area contributed by atoms with Crippen molar-refractivity contribution >= 4 is 5.91 Å². The number of pyridine rings is 1. The van der Waals surface area contributed by atoms with Gasteiger partial charge in [-0.05, 0) is 62.1 Å². The third kappa shape index (κ3) is 6.42. The molecule has 0 aliphatic carbocycles. The van der Waals surface area contributed by atoms with E-state index < -0.39 is 0 Å². The van der Waals surface area contributed by atoms with E-state index in [1.54, 1.807) is 31.4 Å². The molecule has 1 saturated heterocycles. The van der Waals surface area contributed by atoms with Gasteiger partial charge >= 0.3 is 0 Å². The Morgan fingerprint density at radius 3 is 2.79 bits per heavy atom. The molecule has 0 saturated carbocycles. The molecule has 3 rings (SSSR count). The zero-order chi connectivity index (χ0) is 20.6. The number of likely N-dealkylation sites (tertiary alicyclic amines) is 1. The molecule has 156 valence electrons. The third-order valence-corrected chi connectivity index (χ3v) is 5.20. The lowest BCUT2D eigenvalue weighted by Gasteiger charge is -2.32. The summed E-state index contributed by atoms with van der Waals surface area (Å²) in [4.78, 5) is 26.2. The molecule has 6 nitrogen and oxygen atoms in total. The molecular formula is C22H28FN3O3. The number of halogens is 1. The molecule has 2 heterocycles. The number of hydrogen-bond acceptors (Lipinski definition) is 4. The van der Waals surface area contributed by atoms with Gasteiger partial charge in [0.2, 0.25) is 5.56 Å². The van der Waals surface area contributed by atoms with Crippen LogP contribution in [0.5, 0.6) is 5.75 Å². The summed E-state index contributed by atoms with van der Waals surface area (Å²) in [6, 6.07) is 9.04. The Morgan fingerprint density at radius 1 is 1.24 bits per heavy atom. The maximum absolute atomic E-state index is 12.9. The van der Waals surface area contributed by atoms with Gasteiger partial charge in [0.05, 0.1) is 12.2 Å². The lowest BCUT2D eigenvalue weighted by molar-refractivity contribution is 0.0930. The molecule has 0 bridgehead atoms. The number of carbonyl (C=O) groups is 1. The van der Waals surface area contributed by atoms with Crippen molar-refractivity contribution in [3.05, 3.63) is 64.3 Å². The molecule has 1 N–H and O–H groups in total. The second kappa shape index (κ2) is 10.2. The van der Waals surface area contributed by atoms with Gasteiger partial charge in [0, 0.05) is 38.9 Å². The fraction of sp³-hybridized carbons (Fsp3) is 0.455. The summed E-state index contributed by atoms with van der Waals surface area (Å²) in [6.07, 6.45) is 4.66. The highest BCUT2D eigenvalue weighted by Crippen LogP contribution is 2.16. The van der Waals surface area contributed by atoms with Crippen molar-refractivity contribution in [2.45, 2.75) is 19.3 Å². The van der Waals surface area contributed by atoms with Crippen LogP contribution in [-0.4, -0.2) is 48.2 Å². The number of nitrogens with one attached hydrogen (secondary N) is 1. The molecule has 1 amide bonds. The van der Waals surface area contributed by atoms with Gasteiger partial charge in [-0.2, -0.15) is 0 Å². The Hall–Kier alpha value is -2.67. The van der Waals surface area contributed by atoms with E-state index in [2.05, 4.69) is 10.2 Å². The van der Waals surface area contributed by atoms with Crippen LogP contribution in [0.3, 0.4) is 0 Å². The zero-order valence-electron chi connectivity index (χ0n) is 16.8. The van der Waals surface area contributed by atoms with Gasteiger partial charge in [0.25, 0.3) is 5.91 Å². The van der Waals surface area contributed by atoms with Crippen molar-refractivity contribution in [2.24, 2.45) is 13.0 Å². The van der Waals surface area contributed by atoms with Crippen molar-refractivity contribution < 1.29 is 13.9 Å². The van der Waals surface area contributed by atoms with E-state index in [0.717, 1.165) is 38.9 Å². The van der Waals surface area contributed by atoms with Gasteiger partial charge in [0.15, 0.2) is 0 Å². The van der Waals surface area contributed by atoms with Gasteiger partial charge in [-0.1, -0.05) is 0 Å². The van der Waals surface area contributed by atoms with Crippen LogP contribution in [0.15, 0.2) is 47.4 Å². The zero-order valence-corrected chi connectivity index (χ0v) is 16.8. The summed E-state index contributed by atoms with van der Waals surface area (Å²) >= 11 is 0. The number of benzene rings is 1. The predicted octanol–water partition coefficient (Wildman–Crippen LogP) is 2.44. The summed E-state index contributed by atoms with van der Waals surface area (Å²) in [7, 11) is 1.64. The minimum Gasteiger partial charge on any atom is -0.494 e. The summed E-state index contributed by atoms with van der Waals surface area (Å²) in [5.74, 6) is 0.688. The van der Waals surface area contributed by atoms with Crippen LogP contribution < -0.4 is 15.6 Å². The first kappa shape index (κ1) is 21.0. The van der Waals surface area contributed by atoms with Crippen LogP contribution >= 0.6 is 0 Å². The Labute approximate surface area is 170 Å². The molecule has 7 heteroatoms. The normalized spacial score (nSPS) is 17.1. The highest BCUT2D eigenvalue weighted by atomic mass is 19.1. The largest absolute Gasteiger partial charge is 0.494 e. The van der Waals surface area contributed by atoms with Gasteiger partial charge < -0.3 is 19.5 Å².